The molecule has 1 aliphatic heterocycles. The molecule has 37 heavy (non-hydrogen) atoms. The van der Waals surface area contributed by atoms with Gasteiger partial charge in [-0.2, -0.15) is 0 Å². The van der Waals surface area contributed by atoms with Crippen molar-refractivity contribution in [3.8, 4) is 0 Å². The maximum Gasteiger partial charge on any atom is 0.328 e. The highest BCUT2D eigenvalue weighted by molar-refractivity contribution is 5.90. The summed E-state index contributed by atoms with van der Waals surface area (Å²) in [7, 11) is 2.17. The van der Waals surface area contributed by atoms with Gasteiger partial charge in [0.05, 0.1) is 18.1 Å². The van der Waals surface area contributed by atoms with Crippen LogP contribution in [0.5, 0.6) is 0 Å². The predicted octanol–water partition coefficient (Wildman–Crippen LogP) is 2.92. The van der Waals surface area contributed by atoms with Crippen LogP contribution in [0.2, 0.25) is 0 Å². The van der Waals surface area contributed by atoms with Crippen molar-refractivity contribution in [1.82, 2.24) is 14.8 Å². The van der Waals surface area contributed by atoms with Gasteiger partial charge in [-0.05, 0) is 70.2 Å². The molecule has 9 heteroatoms. The summed E-state index contributed by atoms with van der Waals surface area (Å²) < 4.78 is 2.40. The minimum Gasteiger partial charge on any atom is -0.478 e. The second-order valence-corrected chi connectivity index (χ2v) is 10.8. The van der Waals surface area contributed by atoms with Crippen molar-refractivity contribution in [1.29, 1.82) is 0 Å². The van der Waals surface area contributed by atoms with Crippen LogP contribution in [-0.2, 0) is 20.8 Å². The molecule has 200 valence electrons. The molecular weight excluding hydrogens is 474 g/mol. The third kappa shape index (κ3) is 5.72. The number of nitrogens with zero attached hydrogens (tertiary/aromatic N) is 2. The average molecular weight is 512 g/mol. The number of likely N-dealkylation sites (N-methyl/N-ethyl adjacent to an activating group) is 1. The van der Waals surface area contributed by atoms with Crippen molar-refractivity contribution in [2.45, 2.75) is 76.1 Å². The minimum atomic E-state index is -1.26. The Morgan fingerprint density at radius 3 is 2.41 bits per heavy atom. The average Bonchev–Trinajstić information content (AvgIpc) is 3.43. The Bertz CT molecular complexity index is 1190. The third-order valence-electron chi connectivity index (χ3n) is 7.98. The van der Waals surface area contributed by atoms with Gasteiger partial charge in [-0.15, -0.1) is 0 Å². The van der Waals surface area contributed by atoms with E-state index < -0.39 is 11.9 Å². The number of likely N-dealkylation sites (tertiary alicyclic amines) is 1. The molecule has 3 aliphatic rings. The quantitative estimate of drug-likeness (QED) is 0.454. The number of aliphatic hydroxyl groups is 1. The second-order valence-electron chi connectivity index (χ2n) is 10.8. The standard InChI is InChI=1S/C24H33N3O2.C4H4O4/c1-14(2)27-13-15-11-21-18(17-6-4-8-20(27)23(15)17)10-16(12-26(21)3)24(29)25-19-7-5-9-22(19)28;5-3(6)1-2-4(7)8/h4,6,8,13-14,16,18-19,21-22,28H,5,7,9-12H2,1-3H3,(H,25,29);1-2H,(H,5,6)(H,7,8)/t16-,18+,19?,21+,22?;/m0./s1. The van der Waals surface area contributed by atoms with E-state index >= 15 is 0 Å². The molecule has 9 nitrogen and oxygen atoms in total. The molecule has 2 heterocycles. The van der Waals surface area contributed by atoms with Crippen molar-refractivity contribution >= 4 is 28.7 Å². The number of rotatable bonds is 5. The fourth-order valence-corrected chi connectivity index (χ4v) is 6.24. The number of hydrogen-bond acceptors (Lipinski definition) is 5. The lowest BCUT2D eigenvalue weighted by Crippen LogP contribution is -2.53. The number of amides is 1. The molecule has 1 saturated heterocycles. The Morgan fingerprint density at radius 1 is 1.11 bits per heavy atom. The van der Waals surface area contributed by atoms with Gasteiger partial charge in [0, 0.05) is 53.8 Å². The summed E-state index contributed by atoms with van der Waals surface area (Å²) in [6.07, 6.45) is 7.74. The number of carboxylic acid groups (broad SMARTS) is 2. The Balaban J connectivity index is 0.000000349. The first kappa shape index (κ1) is 26.9. The zero-order chi connectivity index (χ0) is 26.9. The lowest BCUT2D eigenvalue weighted by molar-refractivity contribution is -0.134. The summed E-state index contributed by atoms with van der Waals surface area (Å²) in [5.41, 5.74) is 4.20. The molecule has 2 unspecified atom stereocenters. The Hall–Kier alpha value is -3.17. The van der Waals surface area contributed by atoms with Crippen LogP contribution in [0.1, 0.15) is 62.6 Å². The Kier molecular flexibility index (Phi) is 8.04. The summed E-state index contributed by atoms with van der Waals surface area (Å²) in [5.74, 6) is -2.02. The van der Waals surface area contributed by atoms with Gasteiger partial charge >= 0.3 is 11.9 Å². The van der Waals surface area contributed by atoms with E-state index in [0.29, 0.717) is 30.2 Å². The molecule has 5 atom stereocenters. The highest BCUT2D eigenvalue weighted by Gasteiger charge is 2.42. The van der Waals surface area contributed by atoms with E-state index in [-0.39, 0.29) is 24.0 Å². The van der Waals surface area contributed by atoms with Gasteiger partial charge in [0.2, 0.25) is 5.91 Å². The topological polar surface area (TPSA) is 132 Å². The Labute approximate surface area is 216 Å². The van der Waals surface area contributed by atoms with Crippen LogP contribution < -0.4 is 5.32 Å². The van der Waals surface area contributed by atoms with E-state index in [4.69, 9.17) is 10.2 Å². The molecule has 1 saturated carbocycles. The van der Waals surface area contributed by atoms with Crippen molar-refractivity contribution in [2.24, 2.45) is 5.92 Å². The van der Waals surface area contributed by atoms with Crippen molar-refractivity contribution in [3.05, 3.63) is 47.7 Å². The lowest BCUT2D eigenvalue weighted by Gasteiger charge is -2.45. The number of carboxylic acids is 2. The molecule has 0 bridgehead atoms. The summed E-state index contributed by atoms with van der Waals surface area (Å²) in [4.78, 5) is 34.6. The molecule has 1 amide bonds. The fraction of sp³-hybridized carbons (Fsp3) is 0.536. The van der Waals surface area contributed by atoms with Gasteiger partial charge in [0.25, 0.3) is 0 Å². The molecule has 0 spiro atoms. The summed E-state index contributed by atoms with van der Waals surface area (Å²) in [5, 5.41) is 30.3. The van der Waals surface area contributed by atoms with Crippen LogP contribution in [0.15, 0.2) is 36.5 Å². The zero-order valence-corrected chi connectivity index (χ0v) is 21.6. The van der Waals surface area contributed by atoms with Gasteiger partial charge in [-0.1, -0.05) is 12.1 Å². The number of fused-ring (bicyclic) bond motifs is 2. The molecule has 2 aromatic rings. The molecule has 5 rings (SSSR count). The first-order valence-corrected chi connectivity index (χ1v) is 13.0. The molecule has 1 aromatic carbocycles. The SMILES string of the molecule is CC(C)n1cc2c3c(cccc31)[C@H]1C[C@H](C(=O)NC3CCCC3O)CN(C)[C@@H]1C2.O=C(O)C=CC(=O)O. The number of aliphatic hydroxyl groups excluding tert-OH is 1. The molecule has 2 fully saturated rings. The van der Waals surface area contributed by atoms with E-state index in [9.17, 15) is 19.5 Å². The van der Waals surface area contributed by atoms with E-state index in [0.717, 1.165) is 38.6 Å². The summed E-state index contributed by atoms with van der Waals surface area (Å²) in [6, 6.07) is 7.53. The van der Waals surface area contributed by atoms with Gasteiger partial charge in [-0.25, -0.2) is 9.59 Å². The third-order valence-corrected chi connectivity index (χ3v) is 7.98. The number of carbonyl (C=O) groups is 3. The molecule has 4 N–H and O–H groups in total. The Morgan fingerprint density at radius 2 is 1.81 bits per heavy atom. The number of piperidine rings is 1. The second kappa shape index (κ2) is 11.1. The lowest BCUT2D eigenvalue weighted by atomic mass is 9.72. The zero-order valence-electron chi connectivity index (χ0n) is 21.6. The van der Waals surface area contributed by atoms with Crippen LogP contribution in [-0.4, -0.2) is 74.4 Å². The predicted molar refractivity (Wildman–Crippen MR) is 139 cm³/mol. The van der Waals surface area contributed by atoms with Crippen molar-refractivity contribution in [2.75, 3.05) is 13.6 Å². The van der Waals surface area contributed by atoms with Crippen LogP contribution in [0, 0.1) is 5.92 Å². The number of hydrogen-bond donors (Lipinski definition) is 4. The number of aliphatic carboxylic acids is 2. The number of benzene rings is 1. The van der Waals surface area contributed by atoms with Crippen LogP contribution >= 0.6 is 0 Å². The van der Waals surface area contributed by atoms with E-state index in [1.165, 1.54) is 22.0 Å². The molecule has 1 aromatic heterocycles. The first-order chi connectivity index (χ1) is 17.6. The van der Waals surface area contributed by atoms with Crippen LogP contribution in [0.3, 0.4) is 0 Å². The van der Waals surface area contributed by atoms with Crippen LogP contribution in [0.4, 0.5) is 0 Å². The first-order valence-electron chi connectivity index (χ1n) is 13.0. The van der Waals surface area contributed by atoms with Gasteiger partial charge < -0.3 is 30.1 Å². The van der Waals surface area contributed by atoms with Crippen molar-refractivity contribution in [3.63, 3.8) is 0 Å². The summed E-state index contributed by atoms with van der Waals surface area (Å²) in [6.45, 7) is 5.28. The number of aromatic nitrogens is 1. The largest absolute Gasteiger partial charge is 0.478 e. The van der Waals surface area contributed by atoms with Crippen LogP contribution in [0.25, 0.3) is 10.9 Å². The molecule has 2 aliphatic carbocycles. The van der Waals surface area contributed by atoms with Gasteiger partial charge in [0.1, 0.15) is 0 Å². The monoisotopic (exact) mass is 511 g/mol. The normalized spacial score (nSPS) is 27.1. The van der Waals surface area contributed by atoms with E-state index in [1.807, 2.05) is 0 Å². The maximum atomic E-state index is 13.0. The number of nitrogens with one attached hydrogen (secondary N) is 1. The number of carbonyl (C=O) groups excluding carboxylic acids is 1. The highest BCUT2D eigenvalue weighted by Crippen LogP contribution is 2.45. The molecule has 0 radical (unpaired) electrons. The highest BCUT2D eigenvalue weighted by atomic mass is 16.4. The summed E-state index contributed by atoms with van der Waals surface area (Å²) >= 11 is 0. The van der Waals surface area contributed by atoms with E-state index in [1.54, 1.807) is 0 Å². The maximum absolute atomic E-state index is 13.0. The van der Waals surface area contributed by atoms with Gasteiger partial charge in [0.15, 0.2) is 0 Å². The molecular formula is C28H37N3O6. The smallest absolute Gasteiger partial charge is 0.328 e. The minimum absolute atomic E-state index is 0.0157. The fourth-order valence-electron chi connectivity index (χ4n) is 6.24. The van der Waals surface area contributed by atoms with Crippen molar-refractivity contribution < 1.29 is 29.7 Å². The van der Waals surface area contributed by atoms with Gasteiger partial charge in [-0.3, -0.25) is 4.79 Å². The van der Waals surface area contributed by atoms with E-state index in [2.05, 4.69) is 60.1 Å².